The molecule has 0 saturated heterocycles. The molecule has 0 aliphatic rings. The normalized spacial score (nSPS) is 11.5. The fourth-order valence-corrected chi connectivity index (χ4v) is 5.37. The summed E-state index contributed by atoms with van der Waals surface area (Å²) in [5.74, 6) is 2.30. The molecule has 0 aliphatic heterocycles. The number of para-hydroxylation sites is 1. The molecule has 10 heteroatoms. The average Bonchev–Trinajstić information content (AvgIpc) is 3.04. The molecule has 1 amide bonds. The van der Waals surface area contributed by atoms with Gasteiger partial charge < -0.3 is 24.3 Å². The molecule has 0 bridgehead atoms. The largest absolute Gasteiger partial charge is 0.493 e. The van der Waals surface area contributed by atoms with Gasteiger partial charge in [0.1, 0.15) is 11.4 Å². The van der Waals surface area contributed by atoms with Crippen LogP contribution in [-0.4, -0.2) is 53.8 Å². The van der Waals surface area contributed by atoms with Crippen LogP contribution >= 0.6 is 11.8 Å². The molecule has 0 saturated carbocycles. The highest BCUT2D eigenvalue weighted by molar-refractivity contribution is 8.00. The summed E-state index contributed by atoms with van der Waals surface area (Å²) in [6, 6.07) is 19.0. The Morgan fingerprint density at radius 1 is 0.791 bits per heavy atom. The van der Waals surface area contributed by atoms with E-state index in [1.165, 1.54) is 11.8 Å². The summed E-state index contributed by atoms with van der Waals surface area (Å²) in [6.45, 7) is 8.89. The minimum absolute atomic E-state index is 0.110. The number of benzene rings is 3. The fourth-order valence-electron chi connectivity index (χ4n) is 4.55. The van der Waals surface area contributed by atoms with Gasteiger partial charge in [-0.3, -0.25) is 4.79 Å². The summed E-state index contributed by atoms with van der Waals surface area (Å²) in [7, 11) is 3.19. The van der Waals surface area contributed by atoms with Crippen LogP contribution in [0, 0.1) is 0 Å². The number of amides is 1. The zero-order valence-electron chi connectivity index (χ0n) is 25.5. The molecule has 1 heterocycles. The number of hydrogen-bond donors (Lipinski definition) is 1. The molecule has 0 fully saturated rings. The lowest BCUT2D eigenvalue weighted by Gasteiger charge is -2.17. The predicted octanol–water partition coefficient (Wildman–Crippen LogP) is 7.09. The van der Waals surface area contributed by atoms with Crippen LogP contribution in [0.1, 0.15) is 39.7 Å². The molecule has 0 unspecified atom stereocenters. The van der Waals surface area contributed by atoms with Gasteiger partial charge in [0, 0.05) is 16.8 Å². The highest BCUT2D eigenvalue weighted by Gasteiger charge is 2.23. The van der Waals surface area contributed by atoms with E-state index < -0.39 is 5.25 Å². The monoisotopic (exact) mass is 602 g/mol. The number of aromatic nitrogens is 3. The first-order valence-electron chi connectivity index (χ1n) is 14.4. The Morgan fingerprint density at radius 2 is 1.40 bits per heavy atom. The molecular formula is C33H38N4O5S. The molecule has 4 rings (SSSR count). The number of nitrogens with one attached hydrogen (secondary N) is 1. The van der Waals surface area contributed by atoms with Crippen LogP contribution < -0.4 is 24.3 Å². The quantitative estimate of drug-likeness (QED) is 0.151. The third-order valence-corrected chi connectivity index (χ3v) is 7.92. The maximum Gasteiger partial charge on any atom is 0.237 e. The van der Waals surface area contributed by atoms with E-state index >= 15 is 0 Å². The number of thioether (sulfide) groups is 1. The van der Waals surface area contributed by atoms with E-state index in [1.807, 2.05) is 81.4 Å². The van der Waals surface area contributed by atoms with Gasteiger partial charge >= 0.3 is 0 Å². The zero-order valence-corrected chi connectivity index (χ0v) is 26.3. The number of nitrogens with zero attached hydrogens (tertiary/aromatic N) is 3. The van der Waals surface area contributed by atoms with Crippen LogP contribution in [0.3, 0.4) is 0 Å². The van der Waals surface area contributed by atoms with Crippen molar-refractivity contribution < 1.29 is 23.7 Å². The van der Waals surface area contributed by atoms with Crippen molar-refractivity contribution in [1.29, 1.82) is 0 Å². The minimum Gasteiger partial charge on any atom is -0.493 e. The Hall–Kier alpha value is -4.31. The van der Waals surface area contributed by atoms with Crippen molar-refractivity contribution in [3.63, 3.8) is 0 Å². The Balaban J connectivity index is 1.75. The topological polar surface area (TPSA) is 105 Å². The number of rotatable bonds is 14. The van der Waals surface area contributed by atoms with Crippen LogP contribution in [0.15, 0.2) is 65.8 Å². The third-order valence-electron chi connectivity index (χ3n) is 6.71. The van der Waals surface area contributed by atoms with Gasteiger partial charge in [-0.05, 0) is 74.7 Å². The van der Waals surface area contributed by atoms with Crippen molar-refractivity contribution in [1.82, 2.24) is 15.2 Å². The van der Waals surface area contributed by atoms with Crippen LogP contribution in [0.4, 0.5) is 5.69 Å². The Kier molecular flexibility index (Phi) is 11.2. The lowest BCUT2D eigenvalue weighted by molar-refractivity contribution is -0.115. The first-order chi connectivity index (χ1) is 21.0. The molecule has 1 N–H and O–H groups in total. The number of carbonyl (C=O) groups is 1. The van der Waals surface area contributed by atoms with E-state index in [1.54, 1.807) is 14.2 Å². The highest BCUT2D eigenvalue weighted by Crippen LogP contribution is 2.39. The third kappa shape index (κ3) is 7.56. The second-order valence-electron chi connectivity index (χ2n) is 9.40. The number of anilines is 1. The minimum atomic E-state index is -0.425. The van der Waals surface area contributed by atoms with Gasteiger partial charge in [-0.25, -0.2) is 4.98 Å². The maximum atomic E-state index is 13.3. The van der Waals surface area contributed by atoms with E-state index in [9.17, 15) is 4.79 Å². The Bertz CT molecular complexity index is 1550. The second kappa shape index (κ2) is 15.2. The molecule has 0 spiro atoms. The van der Waals surface area contributed by atoms with E-state index in [-0.39, 0.29) is 5.91 Å². The average molecular weight is 603 g/mol. The standard InChI is InChI=1S/C33H38N4O5S/c1-7-21-13-11-12-14-24(21)34-32(38)29(8-2)43-33-35-30(22-15-17-25(41-9-3)27(19-22)39-5)31(36-37-33)23-16-18-26(42-10-4)28(20-23)40-6/h11-20,29H,7-10H2,1-6H3,(H,34,38)/t29-/m1/s1. The summed E-state index contributed by atoms with van der Waals surface area (Å²) in [4.78, 5) is 18.3. The van der Waals surface area contributed by atoms with Crippen molar-refractivity contribution >= 4 is 23.4 Å². The number of carbonyl (C=O) groups excluding carboxylic acids is 1. The van der Waals surface area contributed by atoms with Crippen LogP contribution in [-0.2, 0) is 11.2 Å². The van der Waals surface area contributed by atoms with Crippen LogP contribution in [0.5, 0.6) is 23.0 Å². The van der Waals surface area contributed by atoms with E-state index in [0.29, 0.717) is 59.2 Å². The molecule has 43 heavy (non-hydrogen) atoms. The summed E-state index contributed by atoms with van der Waals surface area (Å²) in [5, 5.41) is 12.1. The summed E-state index contributed by atoms with van der Waals surface area (Å²) in [6.07, 6.45) is 1.40. The van der Waals surface area contributed by atoms with E-state index in [0.717, 1.165) is 28.8 Å². The molecule has 4 aromatic rings. The summed E-state index contributed by atoms with van der Waals surface area (Å²) in [5.41, 5.74) is 4.53. The fraction of sp³-hybridized carbons (Fsp3) is 0.333. The smallest absolute Gasteiger partial charge is 0.237 e. The van der Waals surface area contributed by atoms with Gasteiger partial charge in [-0.2, -0.15) is 0 Å². The Labute approximate surface area is 257 Å². The van der Waals surface area contributed by atoms with Crippen molar-refractivity contribution in [2.24, 2.45) is 0 Å². The molecule has 9 nitrogen and oxygen atoms in total. The van der Waals surface area contributed by atoms with Crippen molar-refractivity contribution in [2.75, 3.05) is 32.8 Å². The first-order valence-corrected chi connectivity index (χ1v) is 15.3. The van der Waals surface area contributed by atoms with Gasteiger partial charge in [0.15, 0.2) is 23.0 Å². The lowest BCUT2D eigenvalue weighted by Crippen LogP contribution is -2.25. The second-order valence-corrected chi connectivity index (χ2v) is 10.6. The SMILES string of the molecule is CCOc1ccc(-c2nnc(S[C@H](CC)C(=O)Nc3ccccc3CC)nc2-c2ccc(OCC)c(OC)c2)cc1OC. The number of methoxy groups -OCH3 is 2. The number of hydrogen-bond acceptors (Lipinski definition) is 9. The number of ether oxygens (including phenoxy) is 4. The molecular weight excluding hydrogens is 564 g/mol. The van der Waals surface area contributed by atoms with Gasteiger partial charge in [-0.15, -0.1) is 10.2 Å². The number of aryl methyl sites for hydroxylation is 1. The molecule has 0 aliphatic carbocycles. The maximum absolute atomic E-state index is 13.3. The van der Waals surface area contributed by atoms with E-state index in [2.05, 4.69) is 22.4 Å². The van der Waals surface area contributed by atoms with Crippen molar-refractivity contribution in [3.05, 3.63) is 66.2 Å². The van der Waals surface area contributed by atoms with Gasteiger partial charge in [0.25, 0.3) is 0 Å². The molecule has 3 aromatic carbocycles. The Morgan fingerprint density at radius 3 is 1.95 bits per heavy atom. The van der Waals surface area contributed by atoms with Gasteiger partial charge in [0.2, 0.25) is 11.1 Å². The predicted molar refractivity (Wildman–Crippen MR) is 171 cm³/mol. The van der Waals surface area contributed by atoms with Crippen molar-refractivity contribution in [2.45, 2.75) is 50.9 Å². The summed E-state index contributed by atoms with van der Waals surface area (Å²) >= 11 is 1.28. The van der Waals surface area contributed by atoms with E-state index in [4.69, 9.17) is 23.9 Å². The molecule has 0 radical (unpaired) electrons. The lowest BCUT2D eigenvalue weighted by atomic mass is 10.0. The van der Waals surface area contributed by atoms with Gasteiger partial charge in [0.05, 0.1) is 32.7 Å². The van der Waals surface area contributed by atoms with Crippen LogP contribution in [0.2, 0.25) is 0 Å². The molecule has 1 atom stereocenters. The summed E-state index contributed by atoms with van der Waals surface area (Å²) < 4.78 is 22.6. The van der Waals surface area contributed by atoms with Crippen LogP contribution in [0.25, 0.3) is 22.5 Å². The first kappa shape index (κ1) is 31.6. The highest BCUT2D eigenvalue weighted by atomic mass is 32.2. The van der Waals surface area contributed by atoms with Gasteiger partial charge in [-0.1, -0.05) is 43.8 Å². The zero-order chi connectivity index (χ0) is 30.8. The molecule has 226 valence electrons. The molecule has 1 aromatic heterocycles. The van der Waals surface area contributed by atoms with Crippen molar-refractivity contribution in [3.8, 4) is 45.5 Å².